The number of nitrogens with one attached hydrogen (secondary N) is 1. The van der Waals surface area contributed by atoms with E-state index in [1.165, 1.54) is 18.9 Å². The van der Waals surface area contributed by atoms with Crippen LogP contribution in [0.1, 0.15) is 36.5 Å². The number of phenolic OH excluding ortho intramolecular Hbond substituents is 1. The monoisotopic (exact) mass is 297 g/mol. The van der Waals surface area contributed by atoms with Gasteiger partial charge in [0.25, 0.3) is 5.91 Å². The van der Waals surface area contributed by atoms with Gasteiger partial charge in [-0.1, -0.05) is 12.8 Å². The summed E-state index contributed by atoms with van der Waals surface area (Å²) in [6.07, 6.45) is 3.63. The van der Waals surface area contributed by atoms with E-state index >= 15 is 0 Å². The van der Waals surface area contributed by atoms with Crippen molar-refractivity contribution in [1.29, 1.82) is 0 Å². The first kappa shape index (κ1) is 12.4. The molecule has 1 atom stereocenters. The summed E-state index contributed by atoms with van der Waals surface area (Å²) in [7, 11) is 0. The SMILES string of the molecule is CC(CC1CC1)NC(=O)c1ccc(Br)c(O)c1. The van der Waals surface area contributed by atoms with E-state index in [-0.39, 0.29) is 17.7 Å². The maximum absolute atomic E-state index is 11.9. The highest BCUT2D eigenvalue weighted by Crippen LogP contribution is 2.33. The second-order valence-corrected chi connectivity index (χ2v) is 5.57. The zero-order chi connectivity index (χ0) is 12.4. The maximum atomic E-state index is 11.9. The summed E-state index contributed by atoms with van der Waals surface area (Å²) in [4.78, 5) is 11.9. The number of benzene rings is 1. The first-order valence-electron chi connectivity index (χ1n) is 5.85. The largest absolute Gasteiger partial charge is 0.507 e. The molecule has 0 radical (unpaired) electrons. The molecule has 0 saturated heterocycles. The second-order valence-electron chi connectivity index (χ2n) is 4.72. The minimum atomic E-state index is -0.124. The van der Waals surface area contributed by atoms with Crippen LogP contribution in [0, 0.1) is 5.92 Å². The van der Waals surface area contributed by atoms with Gasteiger partial charge in [-0.3, -0.25) is 4.79 Å². The summed E-state index contributed by atoms with van der Waals surface area (Å²) < 4.78 is 0.597. The second kappa shape index (κ2) is 5.08. The number of aromatic hydroxyl groups is 1. The van der Waals surface area contributed by atoms with Gasteiger partial charge in [0, 0.05) is 11.6 Å². The van der Waals surface area contributed by atoms with Crippen molar-refractivity contribution in [3.8, 4) is 5.75 Å². The van der Waals surface area contributed by atoms with Crippen molar-refractivity contribution in [2.24, 2.45) is 5.92 Å². The van der Waals surface area contributed by atoms with Crippen molar-refractivity contribution in [3.05, 3.63) is 28.2 Å². The van der Waals surface area contributed by atoms with E-state index in [4.69, 9.17) is 0 Å². The van der Waals surface area contributed by atoms with Crippen LogP contribution in [0.3, 0.4) is 0 Å². The van der Waals surface area contributed by atoms with Crippen LogP contribution in [0.15, 0.2) is 22.7 Å². The third kappa shape index (κ3) is 3.46. The van der Waals surface area contributed by atoms with Crippen LogP contribution < -0.4 is 5.32 Å². The molecule has 2 N–H and O–H groups in total. The van der Waals surface area contributed by atoms with Crippen LogP contribution in [0.2, 0.25) is 0 Å². The predicted octanol–water partition coefficient (Wildman–Crippen LogP) is 3.07. The lowest BCUT2D eigenvalue weighted by Gasteiger charge is -2.13. The topological polar surface area (TPSA) is 49.3 Å². The van der Waals surface area contributed by atoms with Crippen molar-refractivity contribution in [3.63, 3.8) is 0 Å². The number of hydrogen-bond donors (Lipinski definition) is 2. The Morgan fingerprint density at radius 1 is 1.59 bits per heavy atom. The van der Waals surface area contributed by atoms with Gasteiger partial charge in [0.15, 0.2) is 0 Å². The molecule has 1 aromatic carbocycles. The van der Waals surface area contributed by atoms with Gasteiger partial charge in [-0.05, 0) is 53.4 Å². The Hall–Kier alpha value is -1.03. The summed E-state index contributed by atoms with van der Waals surface area (Å²) in [5, 5.41) is 12.5. The smallest absolute Gasteiger partial charge is 0.251 e. The Balaban J connectivity index is 1.95. The van der Waals surface area contributed by atoms with Crippen LogP contribution in [0.4, 0.5) is 0 Å². The Morgan fingerprint density at radius 3 is 2.88 bits per heavy atom. The van der Waals surface area contributed by atoms with Crippen molar-refractivity contribution >= 4 is 21.8 Å². The first-order valence-corrected chi connectivity index (χ1v) is 6.65. The van der Waals surface area contributed by atoms with E-state index in [9.17, 15) is 9.90 Å². The van der Waals surface area contributed by atoms with Gasteiger partial charge < -0.3 is 10.4 Å². The molecular formula is C13H16BrNO2. The Kier molecular flexibility index (Phi) is 3.72. The average Bonchev–Trinajstić information content (AvgIpc) is 3.05. The summed E-state index contributed by atoms with van der Waals surface area (Å²) >= 11 is 3.19. The standard InChI is InChI=1S/C13H16BrNO2/c1-8(6-9-2-3-9)15-13(17)10-4-5-11(14)12(16)7-10/h4-5,7-9,16H,2-3,6H2,1H3,(H,15,17). The fraction of sp³-hybridized carbons (Fsp3) is 0.462. The van der Waals surface area contributed by atoms with Crippen molar-refractivity contribution in [1.82, 2.24) is 5.32 Å². The van der Waals surface area contributed by atoms with E-state index in [1.54, 1.807) is 12.1 Å². The Labute approximate surface area is 109 Å². The van der Waals surface area contributed by atoms with Gasteiger partial charge in [-0.2, -0.15) is 0 Å². The van der Waals surface area contributed by atoms with Crippen LogP contribution in [-0.4, -0.2) is 17.1 Å². The predicted molar refractivity (Wildman–Crippen MR) is 70.1 cm³/mol. The molecule has 1 aliphatic rings. The molecular weight excluding hydrogens is 282 g/mol. The highest BCUT2D eigenvalue weighted by atomic mass is 79.9. The molecule has 1 aliphatic carbocycles. The molecule has 17 heavy (non-hydrogen) atoms. The highest BCUT2D eigenvalue weighted by Gasteiger charge is 2.24. The number of carbonyl (C=O) groups excluding carboxylic acids is 1. The number of rotatable bonds is 4. The van der Waals surface area contributed by atoms with E-state index in [0.29, 0.717) is 10.0 Å². The molecule has 0 aromatic heterocycles. The average molecular weight is 298 g/mol. The zero-order valence-corrected chi connectivity index (χ0v) is 11.3. The lowest BCUT2D eigenvalue weighted by molar-refractivity contribution is 0.0937. The molecule has 1 amide bonds. The number of halogens is 1. The molecule has 1 fully saturated rings. The van der Waals surface area contributed by atoms with Gasteiger partial charge >= 0.3 is 0 Å². The Bertz CT molecular complexity index is 429. The minimum absolute atomic E-state index is 0.0903. The quantitative estimate of drug-likeness (QED) is 0.897. The van der Waals surface area contributed by atoms with Crippen LogP contribution >= 0.6 is 15.9 Å². The molecule has 0 heterocycles. The van der Waals surface area contributed by atoms with Gasteiger partial charge in [-0.25, -0.2) is 0 Å². The molecule has 92 valence electrons. The summed E-state index contributed by atoms with van der Waals surface area (Å²) in [5.41, 5.74) is 0.494. The van der Waals surface area contributed by atoms with E-state index < -0.39 is 0 Å². The van der Waals surface area contributed by atoms with Crippen molar-refractivity contribution in [2.75, 3.05) is 0 Å². The number of phenols is 1. The number of amides is 1. The molecule has 1 aromatic rings. The molecule has 0 spiro atoms. The van der Waals surface area contributed by atoms with Gasteiger partial charge in [0.2, 0.25) is 0 Å². The van der Waals surface area contributed by atoms with E-state index in [1.807, 2.05) is 6.92 Å². The van der Waals surface area contributed by atoms with Crippen molar-refractivity contribution in [2.45, 2.75) is 32.2 Å². The Morgan fingerprint density at radius 2 is 2.29 bits per heavy atom. The normalized spacial score (nSPS) is 16.6. The van der Waals surface area contributed by atoms with E-state index in [2.05, 4.69) is 21.2 Å². The fourth-order valence-electron chi connectivity index (χ4n) is 1.87. The fourth-order valence-corrected chi connectivity index (χ4v) is 2.12. The third-order valence-electron chi connectivity index (χ3n) is 2.97. The lowest BCUT2D eigenvalue weighted by Crippen LogP contribution is -2.32. The third-order valence-corrected chi connectivity index (χ3v) is 3.64. The van der Waals surface area contributed by atoms with Crippen molar-refractivity contribution < 1.29 is 9.90 Å². The first-order chi connectivity index (χ1) is 8.06. The summed E-state index contributed by atoms with van der Waals surface area (Å²) in [6, 6.07) is 5.04. The van der Waals surface area contributed by atoms with Gasteiger partial charge in [-0.15, -0.1) is 0 Å². The molecule has 0 bridgehead atoms. The summed E-state index contributed by atoms with van der Waals surface area (Å²) in [6.45, 7) is 2.02. The molecule has 1 saturated carbocycles. The lowest BCUT2D eigenvalue weighted by atomic mass is 10.1. The van der Waals surface area contributed by atoms with Crippen LogP contribution in [0.25, 0.3) is 0 Å². The molecule has 4 heteroatoms. The minimum Gasteiger partial charge on any atom is -0.507 e. The molecule has 0 aliphatic heterocycles. The number of carbonyl (C=O) groups is 1. The van der Waals surface area contributed by atoms with Gasteiger partial charge in [0.05, 0.1) is 4.47 Å². The molecule has 1 unspecified atom stereocenters. The maximum Gasteiger partial charge on any atom is 0.251 e. The van der Waals surface area contributed by atoms with Crippen LogP contribution in [0.5, 0.6) is 5.75 Å². The van der Waals surface area contributed by atoms with E-state index in [0.717, 1.165) is 12.3 Å². The molecule has 2 rings (SSSR count). The summed E-state index contributed by atoms with van der Waals surface area (Å²) in [5.74, 6) is 0.761. The zero-order valence-electron chi connectivity index (χ0n) is 9.74. The molecule has 3 nitrogen and oxygen atoms in total. The van der Waals surface area contributed by atoms with Gasteiger partial charge in [0.1, 0.15) is 5.75 Å². The highest BCUT2D eigenvalue weighted by molar-refractivity contribution is 9.10. The number of hydrogen-bond acceptors (Lipinski definition) is 2. The van der Waals surface area contributed by atoms with Crippen LogP contribution in [-0.2, 0) is 0 Å².